The van der Waals surface area contributed by atoms with Crippen molar-refractivity contribution in [1.82, 2.24) is 15.3 Å². The lowest BCUT2D eigenvalue weighted by molar-refractivity contribution is -0.121. The van der Waals surface area contributed by atoms with Gasteiger partial charge in [-0.25, -0.2) is 4.98 Å². The monoisotopic (exact) mass is 365 g/mol. The average Bonchev–Trinajstić information content (AvgIpc) is 2.70. The minimum atomic E-state index is -0.234. The first-order chi connectivity index (χ1) is 13.2. The molecule has 7 heteroatoms. The number of benzene rings is 2. The molecule has 0 fully saturated rings. The summed E-state index contributed by atoms with van der Waals surface area (Å²) in [5.41, 5.74) is 0.436. The summed E-state index contributed by atoms with van der Waals surface area (Å²) in [6.45, 7) is 0.742. The second kappa shape index (κ2) is 7.49. The van der Waals surface area contributed by atoms with E-state index < -0.39 is 0 Å². The molecule has 138 valence electrons. The minimum Gasteiger partial charge on any atom is -0.486 e. The third-order valence-electron chi connectivity index (χ3n) is 4.35. The molecule has 1 amide bonds. The Bertz CT molecular complexity index is 1030. The molecule has 2 aromatic carbocycles. The van der Waals surface area contributed by atoms with Gasteiger partial charge >= 0.3 is 0 Å². The molecule has 7 nitrogen and oxygen atoms in total. The number of aromatic nitrogens is 2. The van der Waals surface area contributed by atoms with Crippen molar-refractivity contribution in [2.75, 3.05) is 13.2 Å². The van der Waals surface area contributed by atoms with Gasteiger partial charge in [-0.05, 0) is 24.3 Å². The molecular formula is C20H19N3O4. The Hall–Kier alpha value is -3.35. The fourth-order valence-corrected chi connectivity index (χ4v) is 2.96. The Morgan fingerprint density at radius 3 is 2.81 bits per heavy atom. The Labute approximate surface area is 155 Å². The largest absolute Gasteiger partial charge is 0.486 e. The molecule has 0 unspecified atom stereocenters. The summed E-state index contributed by atoms with van der Waals surface area (Å²) in [6.07, 6.45) is 0.352. The number of hydrogen-bond acceptors (Lipinski definition) is 5. The van der Waals surface area contributed by atoms with Crippen LogP contribution >= 0.6 is 0 Å². The first-order valence-electron chi connectivity index (χ1n) is 8.82. The lowest BCUT2D eigenvalue weighted by Crippen LogP contribution is -2.40. The predicted octanol–water partition coefficient (Wildman–Crippen LogP) is 1.81. The fourth-order valence-electron chi connectivity index (χ4n) is 2.96. The fraction of sp³-hybridized carbons (Fsp3) is 0.250. The maximum atomic E-state index is 12.1. The maximum absolute atomic E-state index is 12.1. The van der Waals surface area contributed by atoms with Crippen LogP contribution in [-0.4, -0.2) is 35.1 Å². The Kier molecular flexibility index (Phi) is 4.74. The van der Waals surface area contributed by atoms with Gasteiger partial charge in [0.15, 0.2) is 11.5 Å². The van der Waals surface area contributed by atoms with Crippen molar-refractivity contribution < 1.29 is 14.3 Å². The second-order valence-electron chi connectivity index (χ2n) is 6.33. The van der Waals surface area contributed by atoms with Crippen LogP contribution < -0.4 is 20.3 Å². The Balaban J connectivity index is 1.30. The summed E-state index contributed by atoms with van der Waals surface area (Å²) in [6, 6.07) is 14.6. The first kappa shape index (κ1) is 17.1. The number of carbonyl (C=O) groups is 1. The summed E-state index contributed by atoms with van der Waals surface area (Å²) >= 11 is 0. The zero-order chi connectivity index (χ0) is 18.6. The van der Waals surface area contributed by atoms with Crippen molar-refractivity contribution in [3.8, 4) is 11.5 Å². The van der Waals surface area contributed by atoms with Crippen molar-refractivity contribution >= 4 is 16.8 Å². The van der Waals surface area contributed by atoms with Crippen molar-refractivity contribution in [3.05, 3.63) is 64.7 Å². The van der Waals surface area contributed by atoms with Gasteiger partial charge in [0.1, 0.15) is 18.5 Å². The van der Waals surface area contributed by atoms with Crippen LogP contribution in [0.4, 0.5) is 0 Å². The average molecular weight is 365 g/mol. The van der Waals surface area contributed by atoms with Crippen molar-refractivity contribution in [2.45, 2.75) is 18.9 Å². The normalized spacial score (nSPS) is 15.5. The number of amides is 1. The van der Waals surface area contributed by atoms with Crippen LogP contribution in [0.25, 0.3) is 10.9 Å². The van der Waals surface area contributed by atoms with Crippen LogP contribution in [0.15, 0.2) is 53.3 Å². The Morgan fingerprint density at radius 1 is 1.15 bits per heavy atom. The molecule has 4 rings (SSSR count). The molecule has 1 atom stereocenters. The van der Waals surface area contributed by atoms with Crippen LogP contribution in [0.3, 0.4) is 0 Å². The highest BCUT2D eigenvalue weighted by atomic mass is 16.6. The number of para-hydroxylation sites is 3. The highest BCUT2D eigenvalue weighted by molar-refractivity contribution is 5.78. The highest BCUT2D eigenvalue weighted by Gasteiger charge is 2.21. The molecular weight excluding hydrogens is 346 g/mol. The third kappa shape index (κ3) is 3.92. The van der Waals surface area contributed by atoms with Crippen molar-refractivity contribution in [2.24, 2.45) is 0 Å². The summed E-state index contributed by atoms with van der Waals surface area (Å²) in [5.74, 6) is 1.76. The van der Waals surface area contributed by atoms with Crippen LogP contribution in [0.5, 0.6) is 11.5 Å². The van der Waals surface area contributed by atoms with E-state index in [4.69, 9.17) is 9.47 Å². The molecule has 0 spiro atoms. The smallest absolute Gasteiger partial charge is 0.258 e. The first-order valence-corrected chi connectivity index (χ1v) is 8.82. The molecule has 0 saturated heterocycles. The van der Waals surface area contributed by atoms with Crippen molar-refractivity contribution in [1.29, 1.82) is 0 Å². The topological polar surface area (TPSA) is 93.3 Å². The van der Waals surface area contributed by atoms with Gasteiger partial charge in [-0.2, -0.15) is 0 Å². The lowest BCUT2D eigenvalue weighted by Gasteiger charge is -2.26. The minimum absolute atomic E-state index is 0.131. The van der Waals surface area contributed by atoms with Gasteiger partial charge < -0.3 is 19.8 Å². The van der Waals surface area contributed by atoms with E-state index >= 15 is 0 Å². The second-order valence-corrected chi connectivity index (χ2v) is 6.33. The number of hydrogen-bond donors (Lipinski definition) is 2. The molecule has 0 saturated carbocycles. The standard InChI is InChI=1S/C20H19N3O4/c24-19(21-11-13-12-26-16-7-3-4-8-17(16)27-13)10-9-18-22-15-6-2-1-5-14(15)20(25)23-18/h1-8,13H,9-12H2,(H,21,24)(H,22,23,25)/t13-/m1/s1. The van der Waals surface area contributed by atoms with Crippen LogP contribution in [0.2, 0.25) is 0 Å². The third-order valence-corrected chi connectivity index (χ3v) is 4.35. The number of fused-ring (bicyclic) bond motifs is 2. The number of carbonyl (C=O) groups excluding carboxylic acids is 1. The number of nitrogens with one attached hydrogen (secondary N) is 2. The number of aryl methyl sites for hydroxylation is 1. The summed E-state index contributed by atoms with van der Waals surface area (Å²) in [5, 5.41) is 3.38. The van der Waals surface area contributed by atoms with Crippen LogP contribution in [-0.2, 0) is 11.2 Å². The molecule has 3 aromatic rings. The molecule has 1 aromatic heterocycles. The lowest BCUT2D eigenvalue weighted by atomic mass is 10.2. The van der Waals surface area contributed by atoms with Gasteiger partial charge in [-0.15, -0.1) is 0 Å². The zero-order valence-corrected chi connectivity index (χ0v) is 14.6. The molecule has 1 aliphatic heterocycles. The van der Waals surface area contributed by atoms with E-state index in [0.717, 1.165) is 0 Å². The maximum Gasteiger partial charge on any atom is 0.258 e. The van der Waals surface area contributed by atoms with E-state index in [2.05, 4.69) is 15.3 Å². The van der Waals surface area contributed by atoms with Gasteiger partial charge in [0.25, 0.3) is 5.56 Å². The van der Waals surface area contributed by atoms with Gasteiger partial charge in [-0.1, -0.05) is 24.3 Å². The highest BCUT2D eigenvalue weighted by Crippen LogP contribution is 2.30. The molecule has 2 heterocycles. The molecule has 0 radical (unpaired) electrons. The van der Waals surface area contributed by atoms with Gasteiger partial charge in [-0.3, -0.25) is 9.59 Å². The van der Waals surface area contributed by atoms with Gasteiger partial charge in [0.2, 0.25) is 5.91 Å². The van der Waals surface area contributed by atoms with E-state index in [9.17, 15) is 9.59 Å². The van der Waals surface area contributed by atoms with Crippen molar-refractivity contribution in [3.63, 3.8) is 0 Å². The predicted molar refractivity (Wildman–Crippen MR) is 100 cm³/mol. The number of H-pyrrole nitrogens is 1. The summed E-state index contributed by atoms with van der Waals surface area (Å²) in [4.78, 5) is 31.3. The molecule has 1 aliphatic rings. The van der Waals surface area contributed by atoms with Gasteiger partial charge in [0.05, 0.1) is 17.4 Å². The van der Waals surface area contributed by atoms with E-state index in [1.54, 1.807) is 18.2 Å². The van der Waals surface area contributed by atoms with E-state index in [1.807, 2.05) is 30.3 Å². The van der Waals surface area contributed by atoms with Crippen LogP contribution in [0.1, 0.15) is 12.2 Å². The van der Waals surface area contributed by atoms with E-state index in [0.29, 0.717) is 47.8 Å². The molecule has 0 aliphatic carbocycles. The molecule has 2 N–H and O–H groups in total. The van der Waals surface area contributed by atoms with E-state index in [-0.39, 0.29) is 24.0 Å². The number of ether oxygens (including phenoxy) is 2. The van der Waals surface area contributed by atoms with E-state index in [1.165, 1.54) is 0 Å². The quantitative estimate of drug-likeness (QED) is 0.719. The van der Waals surface area contributed by atoms with Crippen LogP contribution in [0, 0.1) is 0 Å². The van der Waals surface area contributed by atoms with Gasteiger partial charge in [0, 0.05) is 12.8 Å². The SMILES string of the molecule is O=C(CCc1nc2ccccc2c(=O)[nH]1)NC[C@@H]1COc2ccccc2O1. The summed E-state index contributed by atoms with van der Waals surface area (Å²) < 4.78 is 11.4. The number of rotatable bonds is 5. The number of aromatic amines is 1. The number of nitrogens with zero attached hydrogens (tertiary/aromatic N) is 1. The molecule has 27 heavy (non-hydrogen) atoms. The Morgan fingerprint density at radius 2 is 1.93 bits per heavy atom. The molecule has 0 bridgehead atoms. The zero-order valence-electron chi connectivity index (χ0n) is 14.6. The summed E-state index contributed by atoms with van der Waals surface area (Å²) in [7, 11) is 0.